The Kier molecular flexibility index (Phi) is 5.23. The van der Waals surface area contributed by atoms with Crippen molar-refractivity contribution in [2.45, 2.75) is 26.7 Å². The van der Waals surface area contributed by atoms with Crippen molar-refractivity contribution in [2.24, 2.45) is 5.92 Å². The maximum atomic E-state index is 9.10. The number of benzene rings is 1. The Morgan fingerprint density at radius 1 is 1.32 bits per heavy atom. The number of aryl methyl sites for hydroxylation is 2. The van der Waals surface area contributed by atoms with E-state index in [9.17, 15) is 0 Å². The molecule has 19 heavy (non-hydrogen) atoms. The van der Waals surface area contributed by atoms with Gasteiger partial charge in [-0.3, -0.25) is 0 Å². The van der Waals surface area contributed by atoms with Crippen LogP contribution in [0.4, 0.5) is 0 Å². The molecule has 3 heteroatoms. The molecule has 1 saturated heterocycles. The van der Waals surface area contributed by atoms with Gasteiger partial charge in [0.15, 0.2) is 0 Å². The molecule has 1 heterocycles. The molecule has 1 unspecified atom stereocenters. The van der Waals surface area contributed by atoms with Crippen molar-refractivity contribution in [3.63, 3.8) is 0 Å². The molecule has 0 saturated carbocycles. The summed E-state index contributed by atoms with van der Waals surface area (Å²) in [5.74, 6) is 1.46. The van der Waals surface area contributed by atoms with Crippen LogP contribution in [-0.4, -0.2) is 42.9 Å². The predicted octanol–water partition coefficient (Wildman–Crippen LogP) is 2.39. The fourth-order valence-corrected chi connectivity index (χ4v) is 2.55. The third-order valence-electron chi connectivity index (χ3n) is 3.99. The lowest BCUT2D eigenvalue weighted by molar-refractivity contribution is 0.215. The Bertz CT molecular complexity index is 406. The van der Waals surface area contributed by atoms with Gasteiger partial charge in [0.2, 0.25) is 0 Å². The first-order valence-corrected chi connectivity index (χ1v) is 7.22. The SMILES string of the molecule is Cc1ccc(OCCCN2CCC(CO)C2)cc1C. The summed E-state index contributed by atoms with van der Waals surface area (Å²) >= 11 is 0. The molecule has 3 nitrogen and oxygen atoms in total. The van der Waals surface area contributed by atoms with E-state index in [1.807, 2.05) is 6.07 Å². The van der Waals surface area contributed by atoms with Gasteiger partial charge in [-0.2, -0.15) is 0 Å². The smallest absolute Gasteiger partial charge is 0.119 e. The molecule has 0 spiro atoms. The van der Waals surface area contributed by atoms with E-state index in [1.165, 1.54) is 11.1 Å². The Hall–Kier alpha value is -1.06. The molecule has 1 N–H and O–H groups in total. The van der Waals surface area contributed by atoms with Crippen LogP contribution in [0.2, 0.25) is 0 Å². The van der Waals surface area contributed by atoms with Crippen molar-refractivity contribution in [3.8, 4) is 5.75 Å². The summed E-state index contributed by atoms with van der Waals surface area (Å²) in [7, 11) is 0. The van der Waals surface area contributed by atoms with Crippen LogP contribution in [0.1, 0.15) is 24.0 Å². The van der Waals surface area contributed by atoms with Gasteiger partial charge in [-0.25, -0.2) is 0 Å². The maximum Gasteiger partial charge on any atom is 0.119 e. The molecule has 1 aliphatic rings. The lowest BCUT2D eigenvalue weighted by Crippen LogP contribution is -2.24. The Balaban J connectivity index is 1.65. The molecule has 1 fully saturated rings. The second kappa shape index (κ2) is 6.92. The van der Waals surface area contributed by atoms with Gasteiger partial charge in [0.05, 0.1) is 6.61 Å². The van der Waals surface area contributed by atoms with Gasteiger partial charge in [0.1, 0.15) is 5.75 Å². The van der Waals surface area contributed by atoms with E-state index >= 15 is 0 Å². The third kappa shape index (κ3) is 4.22. The summed E-state index contributed by atoms with van der Waals surface area (Å²) in [4.78, 5) is 2.42. The normalized spacial score (nSPS) is 19.8. The van der Waals surface area contributed by atoms with Crippen molar-refractivity contribution in [3.05, 3.63) is 29.3 Å². The number of hydrogen-bond acceptors (Lipinski definition) is 3. The lowest BCUT2D eigenvalue weighted by atomic mass is 10.1. The highest BCUT2D eigenvalue weighted by molar-refractivity contribution is 5.33. The number of hydrogen-bond donors (Lipinski definition) is 1. The van der Waals surface area contributed by atoms with Gasteiger partial charge in [0.25, 0.3) is 0 Å². The van der Waals surface area contributed by atoms with Crippen molar-refractivity contribution in [1.82, 2.24) is 4.90 Å². The molecule has 0 bridgehead atoms. The van der Waals surface area contributed by atoms with Gasteiger partial charge < -0.3 is 14.7 Å². The molecule has 0 amide bonds. The highest BCUT2D eigenvalue weighted by Gasteiger charge is 2.20. The highest BCUT2D eigenvalue weighted by atomic mass is 16.5. The summed E-state index contributed by atoms with van der Waals surface area (Å²) in [5, 5.41) is 9.10. The first-order chi connectivity index (χ1) is 9.19. The fourth-order valence-electron chi connectivity index (χ4n) is 2.55. The lowest BCUT2D eigenvalue weighted by Gasteiger charge is -2.15. The summed E-state index contributed by atoms with van der Waals surface area (Å²) in [6.45, 7) is 8.56. The van der Waals surface area contributed by atoms with Crippen LogP contribution in [0.25, 0.3) is 0 Å². The molecule has 106 valence electrons. The molecule has 0 aromatic heterocycles. The van der Waals surface area contributed by atoms with Crippen molar-refractivity contribution >= 4 is 0 Å². The van der Waals surface area contributed by atoms with E-state index < -0.39 is 0 Å². The Morgan fingerprint density at radius 3 is 2.84 bits per heavy atom. The molecule has 1 atom stereocenters. The molecule has 2 rings (SSSR count). The monoisotopic (exact) mass is 263 g/mol. The van der Waals surface area contributed by atoms with Crippen LogP contribution in [0.3, 0.4) is 0 Å². The molecule has 1 aliphatic heterocycles. The zero-order valence-electron chi connectivity index (χ0n) is 12.1. The van der Waals surface area contributed by atoms with Crippen LogP contribution in [0.15, 0.2) is 18.2 Å². The summed E-state index contributed by atoms with van der Waals surface area (Å²) < 4.78 is 5.78. The van der Waals surface area contributed by atoms with Gasteiger partial charge in [-0.15, -0.1) is 0 Å². The zero-order chi connectivity index (χ0) is 13.7. The molecular weight excluding hydrogens is 238 g/mol. The minimum absolute atomic E-state index is 0.329. The van der Waals surface area contributed by atoms with Gasteiger partial charge in [-0.1, -0.05) is 6.07 Å². The van der Waals surface area contributed by atoms with E-state index in [2.05, 4.69) is 30.9 Å². The summed E-state index contributed by atoms with van der Waals surface area (Å²) in [6, 6.07) is 6.25. The van der Waals surface area contributed by atoms with Crippen LogP contribution in [-0.2, 0) is 0 Å². The predicted molar refractivity (Wildman–Crippen MR) is 77.7 cm³/mol. The minimum atomic E-state index is 0.329. The quantitative estimate of drug-likeness (QED) is 0.800. The van der Waals surface area contributed by atoms with E-state index in [1.54, 1.807) is 0 Å². The van der Waals surface area contributed by atoms with Crippen LogP contribution >= 0.6 is 0 Å². The standard InChI is InChI=1S/C16H25NO2/c1-13-4-5-16(10-14(13)2)19-9-3-7-17-8-6-15(11-17)12-18/h4-5,10,15,18H,3,6-9,11-12H2,1-2H3. The Labute approximate surface area is 116 Å². The summed E-state index contributed by atoms with van der Waals surface area (Å²) in [6.07, 6.45) is 2.18. The number of rotatable bonds is 6. The van der Waals surface area contributed by atoms with E-state index in [4.69, 9.17) is 9.84 Å². The number of aliphatic hydroxyl groups is 1. The molecule has 1 aromatic rings. The average Bonchev–Trinajstić information content (AvgIpc) is 2.87. The first kappa shape index (κ1) is 14.4. The van der Waals surface area contributed by atoms with Gasteiger partial charge >= 0.3 is 0 Å². The third-order valence-corrected chi connectivity index (χ3v) is 3.99. The first-order valence-electron chi connectivity index (χ1n) is 7.22. The van der Waals surface area contributed by atoms with Gasteiger partial charge in [-0.05, 0) is 62.4 Å². The number of ether oxygens (including phenoxy) is 1. The second-order valence-electron chi connectivity index (χ2n) is 5.59. The van der Waals surface area contributed by atoms with Crippen molar-refractivity contribution < 1.29 is 9.84 Å². The van der Waals surface area contributed by atoms with E-state index in [-0.39, 0.29) is 0 Å². The summed E-state index contributed by atoms with van der Waals surface area (Å²) in [5.41, 5.74) is 2.59. The number of aliphatic hydroxyl groups excluding tert-OH is 1. The van der Waals surface area contributed by atoms with Crippen LogP contribution in [0, 0.1) is 19.8 Å². The minimum Gasteiger partial charge on any atom is -0.494 e. The van der Waals surface area contributed by atoms with Gasteiger partial charge in [0, 0.05) is 19.7 Å². The van der Waals surface area contributed by atoms with E-state index in [0.717, 1.165) is 44.8 Å². The van der Waals surface area contributed by atoms with Crippen LogP contribution in [0.5, 0.6) is 5.75 Å². The molecule has 0 aliphatic carbocycles. The topological polar surface area (TPSA) is 32.7 Å². The number of nitrogens with zero attached hydrogens (tertiary/aromatic N) is 1. The molecule has 1 aromatic carbocycles. The average molecular weight is 263 g/mol. The molecular formula is C16H25NO2. The number of likely N-dealkylation sites (tertiary alicyclic amines) is 1. The maximum absolute atomic E-state index is 9.10. The molecule has 0 radical (unpaired) electrons. The van der Waals surface area contributed by atoms with Crippen molar-refractivity contribution in [2.75, 3.05) is 32.8 Å². The Morgan fingerprint density at radius 2 is 2.16 bits per heavy atom. The largest absolute Gasteiger partial charge is 0.494 e. The second-order valence-corrected chi connectivity index (χ2v) is 5.59. The highest BCUT2D eigenvalue weighted by Crippen LogP contribution is 2.17. The zero-order valence-corrected chi connectivity index (χ0v) is 12.1. The fraction of sp³-hybridized carbons (Fsp3) is 0.625. The van der Waals surface area contributed by atoms with Crippen molar-refractivity contribution in [1.29, 1.82) is 0 Å². The van der Waals surface area contributed by atoms with Crippen LogP contribution < -0.4 is 4.74 Å². The van der Waals surface area contributed by atoms with E-state index in [0.29, 0.717) is 12.5 Å².